The number of rotatable bonds is 5. The van der Waals surface area contributed by atoms with Gasteiger partial charge in [-0.1, -0.05) is 36.0 Å². The molecule has 2 N–H and O–H groups in total. The maximum absolute atomic E-state index is 5.81. The van der Waals surface area contributed by atoms with Crippen molar-refractivity contribution in [1.29, 1.82) is 0 Å². The number of nitrogens with two attached hydrogens (primary N) is 1. The Labute approximate surface area is 94.0 Å². The van der Waals surface area contributed by atoms with Gasteiger partial charge in [0, 0.05) is 11.4 Å². The predicted molar refractivity (Wildman–Crippen MR) is 62.5 cm³/mol. The molecule has 0 heterocycles. The number of hydrogen-bond acceptors (Lipinski definition) is 2. The van der Waals surface area contributed by atoms with Crippen LogP contribution in [0.2, 0.25) is 5.02 Å². The molecule has 1 aromatic rings. The van der Waals surface area contributed by atoms with Crippen molar-refractivity contribution in [2.75, 3.05) is 6.61 Å². The summed E-state index contributed by atoms with van der Waals surface area (Å²) in [5.74, 6) is 0. The molecule has 0 saturated carbocycles. The van der Waals surface area contributed by atoms with E-state index in [4.69, 9.17) is 34.3 Å². The van der Waals surface area contributed by atoms with Crippen LogP contribution in [0.1, 0.15) is 12.0 Å². The van der Waals surface area contributed by atoms with Gasteiger partial charge in [-0.25, -0.2) is 0 Å². The highest BCUT2D eigenvalue weighted by atomic mass is 35.5. The van der Waals surface area contributed by atoms with Crippen molar-refractivity contribution in [2.24, 2.45) is 5.73 Å². The number of benzene rings is 1. The number of hydrogen-bond donors (Lipinski definition) is 1. The van der Waals surface area contributed by atoms with Gasteiger partial charge >= 0.3 is 0 Å². The number of halogens is 1. The van der Waals surface area contributed by atoms with Gasteiger partial charge in [0.25, 0.3) is 0 Å². The molecular formula is C10H12ClNOS. The molecule has 0 fully saturated rings. The van der Waals surface area contributed by atoms with E-state index in [0.717, 1.165) is 10.6 Å². The fourth-order valence-corrected chi connectivity index (χ4v) is 1.29. The molecule has 1 aromatic carbocycles. The highest BCUT2D eigenvalue weighted by molar-refractivity contribution is 7.80. The third-order valence-electron chi connectivity index (χ3n) is 1.65. The summed E-state index contributed by atoms with van der Waals surface area (Å²) in [5.41, 5.74) is 6.38. The van der Waals surface area contributed by atoms with Gasteiger partial charge in [0.1, 0.15) is 0 Å². The van der Waals surface area contributed by atoms with Crippen LogP contribution in [0.3, 0.4) is 0 Å². The summed E-state index contributed by atoms with van der Waals surface area (Å²) in [5, 5.41) is 0.723. The van der Waals surface area contributed by atoms with Crippen LogP contribution in [0, 0.1) is 0 Å². The number of ether oxygens (including phenoxy) is 1. The molecule has 0 unspecified atom stereocenters. The first-order valence-electron chi connectivity index (χ1n) is 4.29. The van der Waals surface area contributed by atoms with E-state index < -0.39 is 0 Å². The molecule has 1 rings (SSSR count). The Bertz CT molecular complexity index is 317. The smallest absolute Gasteiger partial charge is 0.0750 e. The summed E-state index contributed by atoms with van der Waals surface area (Å²) in [4.78, 5) is 0.482. The summed E-state index contributed by atoms with van der Waals surface area (Å²) < 4.78 is 5.36. The van der Waals surface area contributed by atoms with Crippen LogP contribution in [-0.4, -0.2) is 11.6 Å². The van der Waals surface area contributed by atoms with Gasteiger partial charge in [-0.3, -0.25) is 0 Å². The molecule has 0 bridgehead atoms. The zero-order valence-corrected chi connectivity index (χ0v) is 9.27. The zero-order valence-electron chi connectivity index (χ0n) is 7.70. The molecule has 0 spiro atoms. The van der Waals surface area contributed by atoms with Gasteiger partial charge in [-0.15, -0.1) is 0 Å². The molecule has 0 aromatic heterocycles. The van der Waals surface area contributed by atoms with E-state index in [1.54, 1.807) is 0 Å². The lowest BCUT2D eigenvalue weighted by atomic mass is 10.2. The monoisotopic (exact) mass is 229 g/mol. The normalized spacial score (nSPS) is 10.1. The minimum atomic E-state index is 0.482. The Balaban J connectivity index is 2.28. The standard InChI is InChI=1S/C10H12ClNOS/c11-9-3-1-2-8(6-9)7-13-5-4-10(12)14/h1-3,6H,4-5,7H2,(H2,12,14). The van der Waals surface area contributed by atoms with Crippen LogP contribution in [0.5, 0.6) is 0 Å². The molecule has 0 saturated heterocycles. The second-order valence-corrected chi connectivity index (χ2v) is 3.86. The fourth-order valence-electron chi connectivity index (χ4n) is 0.990. The van der Waals surface area contributed by atoms with Crippen molar-refractivity contribution in [3.8, 4) is 0 Å². The minimum Gasteiger partial charge on any atom is -0.393 e. The lowest BCUT2D eigenvalue weighted by Gasteiger charge is -2.03. The van der Waals surface area contributed by atoms with Gasteiger partial charge in [-0.05, 0) is 17.7 Å². The van der Waals surface area contributed by atoms with Gasteiger partial charge in [0.15, 0.2) is 0 Å². The molecule has 0 aliphatic heterocycles. The van der Waals surface area contributed by atoms with E-state index >= 15 is 0 Å². The Kier molecular flexibility index (Phi) is 4.87. The zero-order chi connectivity index (χ0) is 10.4. The van der Waals surface area contributed by atoms with Gasteiger partial charge in [0.2, 0.25) is 0 Å². The largest absolute Gasteiger partial charge is 0.393 e. The highest BCUT2D eigenvalue weighted by Crippen LogP contribution is 2.11. The SMILES string of the molecule is NC(=S)CCOCc1cccc(Cl)c1. The molecule has 14 heavy (non-hydrogen) atoms. The van der Waals surface area contributed by atoms with Crippen molar-refractivity contribution in [3.05, 3.63) is 34.9 Å². The average molecular weight is 230 g/mol. The first-order valence-corrected chi connectivity index (χ1v) is 5.07. The van der Waals surface area contributed by atoms with E-state index in [-0.39, 0.29) is 0 Å². The van der Waals surface area contributed by atoms with Crippen molar-refractivity contribution >= 4 is 28.8 Å². The average Bonchev–Trinajstić information content (AvgIpc) is 2.12. The molecule has 2 nitrogen and oxygen atoms in total. The van der Waals surface area contributed by atoms with Crippen molar-refractivity contribution in [3.63, 3.8) is 0 Å². The predicted octanol–water partition coefficient (Wildman–Crippen LogP) is 2.53. The second-order valence-electron chi connectivity index (χ2n) is 2.90. The van der Waals surface area contributed by atoms with Crippen LogP contribution < -0.4 is 5.73 Å². The first-order chi connectivity index (χ1) is 6.68. The lowest BCUT2D eigenvalue weighted by molar-refractivity contribution is 0.128. The van der Waals surface area contributed by atoms with Crippen molar-refractivity contribution < 1.29 is 4.74 Å². The molecule has 0 aliphatic rings. The third kappa shape index (κ3) is 4.56. The summed E-state index contributed by atoms with van der Waals surface area (Å²) in [6.45, 7) is 1.10. The molecule has 76 valence electrons. The van der Waals surface area contributed by atoms with E-state index in [9.17, 15) is 0 Å². The molecule has 0 amide bonds. The molecule has 0 atom stereocenters. The third-order valence-corrected chi connectivity index (χ3v) is 2.09. The van der Waals surface area contributed by atoms with Crippen LogP contribution in [-0.2, 0) is 11.3 Å². The minimum absolute atomic E-state index is 0.482. The van der Waals surface area contributed by atoms with Gasteiger partial charge in [-0.2, -0.15) is 0 Å². The number of thiocarbonyl (C=S) groups is 1. The van der Waals surface area contributed by atoms with E-state index in [1.807, 2.05) is 24.3 Å². The summed E-state index contributed by atoms with van der Waals surface area (Å²) >= 11 is 10.5. The molecule has 4 heteroatoms. The maximum Gasteiger partial charge on any atom is 0.0750 e. The maximum atomic E-state index is 5.81. The Morgan fingerprint density at radius 1 is 1.50 bits per heavy atom. The first kappa shape index (κ1) is 11.4. The topological polar surface area (TPSA) is 35.2 Å². The van der Waals surface area contributed by atoms with E-state index in [2.05, 4.69) is 0 Å². The van der Waals surface area contributed by atoms with E-state index in [0.29, 0.717) is 24.6 Å². The lowest BCUT2D eigenvalue weighted by Crippen LogP contribution is -2.11. The van der Waals surface area contributed by atoms with Crippen molar-refractivity contribution in [2.45, 2.75) is 13.0 Å². The van der Waals surface area contributed by atoms with Crippen molar-refractivity contribution in [1.82, 2.24) is 0 Å². The Morgan fingerprint density at radius 3 is 2.93 bits per heavy atom. The molecule has 0 radical (unpaired) electrons. The van der Waals surface area contributed by atoms with E-state index in [1.165, 1.54) is 0 Å². The Hall–Kier alpha value is -0.640. The fraction of sp³-hybridized carbons (Fsp3) is 0.300. The van der Waals surface area contributed by atoms with Crippen LogP contribution in [0.25, 0.3) is 0 Å². The Morgan fingerprint density at radius 2 is 2.29 bits per heavy atom. The summed E-state index contributed by atoms with van der Waals surface area (Å²) in [7, 11) is 0. The van der Waals surface area contributed by atoms with Crippen LogP contribution in [0.4, 0.5) is 0 Å². The molecular weight excluding hydrogens is 218 g/mol. The molecule has 0 aliphatic carbocycles. The second kappa shape index (κ2) is 5.96. The van der Waals surface area contributed by atoms with Crippen LogP contribution >= 0.6 is 23.8 Å². The quantitative estimate of drug-likeness (QED) is 0.623. The highest BCUT2D eigenvalue weighted by Gasteiger charge is 1.95. The van der Waals surface area contributed by atoms with Gasteiger partial charge < -0.3 is 10.5 Å². The van der Waals surface area contributed by atoms with Gasteiger partial charge in [0.05, 0.1) is 18.2 Å². The van der Waals surface area contributed by atoms with Crippen LogP contribution in [0.15, 0.2) is 24.3 Å². The summed E-state index contributed by atoms with van der Waals surface area (Å²) in [6, 6.07) is 7.57. The summed E-state index contributed by atoms with van der Waals surface area (Å²) in [6.07, 6.45) is 0.621.